The Morgan fingerprint density at radius 2 is 2.11 bits per heavy atom. The molecule has 4 nitrogen and oxygen atoms in total. The number of hydrogen-bond acceptors (Lipinski definition) is 4. The minimum Gasteiger partial charge on any atom is -0.313 e. The SMILES string of the molecule is CCN1CCCC(C(C)NCCS(=O)(=O)CC)C1. The molecule has 2 atom stereocenters. The maximum absolute atomic E-state index is 11.4. The molecular formula is C13H28N2O2S. The van der Waals surface area contributed by atoms with Gasteiger partial charge in [0.25, 0.3) is 0 Å². The first kappa shape index (κ1) is 15.9. The van der Waals surface area contributed by atoms with Gasteiger partial charge in [0.1, 0.15) is 0 Å². The van der Waals surface area contributed by atoms with Crippen molar-refractivity contribution in [1.29, 1.82) is 0 Å². The average molecular weight is 276 g/mol. The normalized spacial score (nSPS) is 24.1. The van der Waals surface area contributed by atoms with Crippen LogP contribution < -0.4 is 5.32 Å². The molecule has 1 saturated heterocycles. The summed E-state index contributed by atoms with van der Waals surface area (Å²) in [7, 11) is -2.83. The second-order valence-corrected chi connectivity index (χ2v) is 7.75. The molecule has 0 aromatic heterocycles. The summed E-state index contributed by atoms with van der Waals surface area (Å²) in [6.07, 6.45) is 2.52. The Labute approximate surface area is 112 Å². The highest BCUT2D eigenvalue weighted by molar-refractivity contribution is 7.91. The summed E-state index contributed by atoms with van der Waals surface area (Å²) in [4.78, 5) is 2.48. The van der Waals surface area contributed by atoms with Crippen LogP contribution in [0.3, 0.4) is 0 Å². The Bertz CT molecular complexity index is 330. The van der Waals surface area contributed by atoms with Gasteiger partial charge in [-0.05, 0) is 38.8 Å². The highest BCUT2D eigenvalue weighted by Gasteiger charge is 2.23. The summed E-state index contributed by atoms with van der Waals surface area (Å²) >= 11 is 0. The second kappa shape index (κ2) is 7.46. The summed E-state index contributed by atoms with van der Waals surface area (Å²) < 4.78 is 22.8. The third-order valence-electron chi connectivity index (χ3n) is 4.02. The molecule has 0 aliphatic carbocycles. The lowest BCUT2D eigenvalue weighted by atomic mass is 9.91. The van der Waals surface area contributed by atoms with Gasteiger partial charge < -0.3 is 10.2 Å². The monoisotopic (exact) mass is 276 g/mol. The van der Waals surface area contributed by atoms with Crippen molar-refractivity contribution in [3.63, 3.8) is 0 Å². The van der Waals surface area contributed by atoms with Gasteiger partial charge in [0, 0.05) is 24.9 Å². The number of likely N-dealkylation sites (tertiary alicyclic amines) is 1. The number of hydrogen-bond donors (Lipinski definition) is 1. The highest BCUT2D eigenvalue weighted by Crippen LogP contribution is 2.19. The van der Waals surface area contributed by atoms with Crippen LogP contribution >= 0.6 is 0 Å². The smallest absolute Gasteiger partial charge is 0.151 e. The minimum atomic E-state index is -2.83. The molecule has 1 N–H and O–H groups in total. The fourth-order valence-corrected chi connectivity index (χ4v) is 3.26. The molecule has 0 radical (unpaired) electrons. The van der Waals surface area contributed by atoms with Gasteiger partial charge in [-0.15, -0.1) is 0 Å². The van der Waals surface area contributed by atoms with Crippen LogP contribution in [-0.2, 0) is 9.84 Å². The molecule has 2 unspecified atom stereocenters. The predicted molar refractivity (Wildman–Crippen MR) is 76.6 cm³/mol. The molecule has 1 aliphatic rings. The molecule has 0 amide bonds. The summed E-state index contributed by atoms with van der Waals surface area (Å²) in [5, 5.41) is 3.38. The number of rotatable bonds is 7. The van der Waals surface area contributed by atoms with Crippen molar-refractivity contribution in [3.05, 3.63) is 0 Å². The summed E-state index contributed by atoms with van der Waals surface area (Å²) in [6, 6.07) is 0.409. The molecule has 1 aliphatic heterocycles. The van der Waals surface area contributed by atoms with Crippen LogP contribution in [0.15, 0.2) is 0 Å². The zero-order valence-electron chi connectivity index (χ0n) is 12.0. The van der Waals surface area contributed by atoms with E-state index in [1.54, 1.807) is 6.92 Å². The molecule has 1 heterocycles. The summed E-state index contributed by atoms with van der Waals surface area (Å²) in [5.74, 6) is 1.16. The summed E-state index contributed by atoms with van der Waals surface area (Å²) in [5.41, 5.74) is 0. The molecule has 0 bridgehead atoms. The lowest BCUT2D eigenvalue weighted by Crippen LogP contribution is -2.45. The molecule has 108 valence electrons. The van der Waals surface area contributed by atoms with E-state index in [-0.39, 0.29) is 11.5 Å². The van der Waals surface area contributed by atoms with Gasteiger partial charge >= 0.3 is 0 Å². The Balaban J connectivity index is 2.30. The van der Waals surface area contributed by atoms with E-state index in [2.05, 4.69) is 24.1 Å². The molecule has 1 fully saturated rings. The van der Waals surface area contributed by atoms with Gasteiger partial charge in [0.15, 0.2) is 9.84 Å². The minimum absolute atomic E-state index is 0.246. The molecule has 5 heteroatoms. The van der Waals surface area contributed by atoms with Crippen molar-refractivity contribution < 1.29 is 8.42 Å². The van der Waals surface area contributed by atoms with E-state index >= 15 is 0 Å². The second-order valence-electron chi connectivity index (χ2n) is 5.27. The molecular weight excluding hydrogens is 248 g/mol. The third kappa shape index (κ3) is 5.24. The molecule has 0 aromatic carbocycles. The van der Waals surface area contributed by atoms with E-state index in [9.17, 15) is 8.42 Å². The van der Waals surface area contributed by atoms with Crippen LogP contribution in [-0.4, -0.2) is 57.0 Å². The maximum Gasteiger partial charge on any atom is 0.151 e. The molecule has 1 rings (SSSR count). The lowest BCUT2D eigenvalue weighted by molar-refractivity contribution is 0.158. The van der Waals surface area contributed by atoms with Crippen molar-refractivity contribution in [1.82, 2.24) is 10.2 Å². The van der Waals surface area contributed by atoms with Crippen LogP contribution in [0.2, 0.25) is 0 Å². The highest BCUT2D eigenvalue weighted by atomic mass is 32.2. The van der Waals surface area contributed by atoms with E-state index in [4.69, 9.17) is 0 Å². The first-order valence-electron chi connectivity index (χ1n) is 7.14. The molecule has 0 aromatic rings. The van der Waals surface area contributed by atoms with Gasteiger partial charge in [-0.2, -0.15) is 0 Å². The number of nitrogens with zero attached hydrogens (tertiary/aromatic N) is 1. The van der Waals surface area contributed by atoms with Gasteiger partial charge in [0.2, 0.25) is 0 Å². The van der Waals surface area contributed by atoms with Crippen molar-refractivity contribution in [2.24, 2.45) is 5.92 Å². The molecule has 0 spiro atoms. The predicted octanol–water partition coefficient (Wildman–Crippen LogP) is 1.13. The van der Waals surface area contributed by atoms with Crippen LogP contribution in [0.5, 0.6) is 0 Å². The Morgan fingerprint density at radius 1 is 1.39 bits per heavy atom. The Hall–Kier alpha value is -0.130. The van der Waals surface area contributed by atoms with Crippen LogP contribution in [0, 0.1) is 5.92 Å². The molecule has 0 saturated carbocycles. The van der Waals surface area contributed by atoms with Crippen molar-refractivity contribution in [3.8, 4) is 0 Å². The largest absolute Gasteiger partial charge is 0.313 e. The number of sulfone groups is 1. The summed E-state index contributed by atoms with van der Waals surface area (Å²) in [6.45, 7) is 10.2. The fraction of sp³-hybridized carbons (Fsp3) is 1.00. The maximum atomic E-state index is 11.4. The van der Waals surface area contributed by atoms with Gasteiger partial charge in [-0.3, -0.25) is 0 Å². The van der Waals surface area contributed by atoms with E-state index in [1.807, 2.05) is 0 Å². The van der Waals surface area contributed by atoms with Gasteiger partial charge in [-0.1, -0.05) is 13.8 Å². The zero-order chi connectivity index (χ0) is 13.6. The van der Waals surface area contributed by atoms with Crippen molar-refractivity contribution >= 4 is 9.84 Å². The zero-order valence-corrected chi connectivity index (χ0v) is 12.8. The Morgan fingerprint density at radius 3 is 2.72 bits per heavy atom. The standard InChI is InChI=1S/C13H28N2O2S/c1-4-15-9-6-7-13(11-15)12(3)14-8-10-18(16,17)5-2/h12-14H,4-11H2,1-3H3. The van der Waals surface area contributed by atoms with E-state index < -0.39 is 9.84 Å². The van der Waals surface area contributed by atoms with E-state index in [1.165, 1.54) is 19.4 Å². The van der Waals surface area contributed by atoms with Gasteiger partial charge in [0.05, 0.1) is 5.75 Å². The molecule has 18 heavy (non-hydrogen) atoms. The topological polar surface area (TPSA) is 49.4 Å². The van der Waals surface area contributed by atoms with Crippen LogP contribution in [0.1, 0.15) is 33.6 Å². The van der Waals surface area contributed by atoms with Crippen molar-refractivity contribution in [2.75, 3.05) is 37.7 Å². The Kier molecular flexibility index (Phi) is 6.60. The fourth-order valence-electron chi connectivity index (χ4n) is 2.54. The number of piperidine rings is 1. The van der Waals surface area contributed by atoms with E-state index in [0.29, 0.717) is 18.5 Å². The first-order chi connectivity index (χ1) is 8.48. The lowest BCUT2D eigenvalue weighted by Gasteiger charge is -2.35. The van der Waals surface area contributed by atoms with Gasteiger partial charge in [-0.25, -0.2) is 8.42 Å². The van der Waals surface area contributed by atoms with Crippen LogP contribution in [0.4, 0.5) is 0 Å². The third-order valence-corrected chi connectivity index (χ3v) is 5.72. The number of nitrogens with one attached hydrogen (secondary N) is 1. The average Bonchev–Trinajstić information content (AvgIpc) is 2.38. The first-order valence-corrected chi connectivity index (χ1v) is 8.96. The quantitative estimate of drug-likeness (QED) is 0.757. The van der Waals surface area contributed by atoms with Crippen LogP contribution in [0.25, 0.3) is 0 Å². The van der Waals surface area contributed by atoms with E-state index in [0.717, 1.165) is 13.1 Å². The van der Waals surface area contributed by atoms with Crippen molar-refractivity contribution in [2.45, 2.75) is 39.7 Å².